The zero-order valence-corrected chi connectivity index (χ0v) is 10.5. The first kappa shape index (κ1) is 10.5. The van der Waals surface area contributed by atoms with Crippen molar-refractivity contribution in [1.29, 1.82) is 0 Å². The Labute approximate surface area is 97.4 Å². The van der Waals surface area contributed by atoms with Crippen molar-refractivity contribution in [3.8, 4) is 0 Å². The lowest BCUT2D eigenvalue weighted by Crippen LogP contribution is -2.47. The molecule has 1 amide bonds. The Kier molecular flexibility index (Phi) is 2.26. The van der Waals surface area contributed by atoms with Crippen molar-refractivity contribution in [1.82, 2.24) is 0 Å². The summed E-state index contributed by atoms with van der Waals surface area (Å²) < 4.78 is 1.01. The van der Waals surface area contributed by atoms with Crippen LogP contribution in [0.15, 0.2) is 16.6 Å². The van der Waals surface area contributed by atoms with E-state index in [4.69, 9.17) is 0 Å². The van der Waals surface area contributed by atoms with Crippen LogP contribution in [0.2, 0.25) is 0 Å². The van der Waals surface area contributed by atoms with Crippen molar-refractivity contribution >= 4 is 33.2 Å². The van der Waals surface area contributed by atoms with Crippen molar-refractivity contribution in [3.05, 3.63) is 22.2 Å². The molecule has 15 heavy (non-hydrogen) atoms. The summed E-state index contributed by atoms with van der Waals surface area (Å²) in [6.45, 7) is 5.70. The van der Waals surface area contributed by atoms with Crippen LogP contribution in [0, 0.1) is 6.92 Å². The van der Waals surface area contributed by atoms with E-state index < -0.39 is 5.54 Å². The lowest BCUT2D eigenvalue weighted by molar-refractivity contribution is -0.119. The second-order valence-corrected chi connectivity index (χ2v) is 5.27. The summed E-state index contributed by atoms with van der Waals surface area (Å²) in [6.07, 6.45) is 0. The highest BCUT2D eigenvalue weighted by Gasteiger charge is 2.33. The average molecular weight is 269 g/mol. The van der Waals surface area contributed by atoms with Gasteiger partial charge in [0.2, 0.25) is 5.91 Å². The quantitative estimate of drug-likeness (QED) is 0.760. The van der Waals surface area contributed by atoms with Gasteiger partial charge in [-0.05, 0) is 38.5 Å². The van der Waals surface area contributed by atoms with Crippen molar-refractivity contribution < 1.29 is 4.79 Å². The number of benzene rings is 1. The highest BCUT2D eigenvalue weighted by molar-refractivity contribution is 9.10. The Morgan fingerprint density at radius 2 is 2.00 bits per heavy atom. The molecule has 1 aromatic rings. The van der Waals surface area contributed by atoms with E-state index in [2.05, 4.69) is 26.6 Å². The standard InChI is InChI=1S/C11H13BrN2O/c1-6-4-7(12)5-8-9(6)13-10(15)11(2,3)14-8/h4-5,14H,1-3H3,(H,13,15). The fourth-order valence-corrected chi connectivity index (χ4v) is 2.24. The summed E-state index contributed by atoms with van der Waals surface area (Å²) in [5, 5.41) is 6.15. The molecule has 0 unspecified atom stereocenters. The summed E-state index contributed by atoms with van der Waals surface area (Å²) in [5.74, 6) is 0.000391. The molecule has 0 aromatic heterocycles. The van der Waals surface area contributed by atoms with Crippen LogP contribution >= 0.6 is 15.9 Å². The van der Waals surface area contributed by atoms with Gasteiger partial charge >= 0.3 is 0 Å². The largest absolute Gasteiger partial charge is 0.370 e. The molecule has 1 aliphatic rings. The predicted octanol–water partition coefficient (Wildman–Crippen LogP) is 2.90. The van der Waals surface area contributed by atoms with Gasteiger partial charge in [0.1, 0.15) is 5.54 Å². The van der Waals surface area contributed by atoms with Gasteiger partial charge in [-0.1, -0.05) is 15.9 Å². The summed E-state index contributed by atoms with van der Waals surface area (Å²) in [6, 6.07) is 3.96. The molecule has 0 spiro atoms. The molecule has 0 saturated carbocycles. The highest BCUT2D eigenvalue weighted by Crippen LogP contribution is 2.35. The molecular weight excluding hydrogens is 256 g/mol. The van der Waals surface area contributed by atoms with Crippen LogP contribution in [-0.4, -0.2) is 11.4 Å². The Morgan fingerprint density at radius 1 is 1.33 bits per heavy atom. The maximum Gasteiger partial charge on any atom is 0.249 e. The van der Waals surface area contributed by atoms with Gasteiger partial charge in [0.15, 0.2) is 0 Å². The van der Waals surface area contributed by atoms with Gasteiger partial charge in [0.05, 0.1) is 11.4 Å². The van der Waals surface area contributed by atoms with E-state index in [1.165, 1.54) is 0 Å². The van der Waals surface area contributed by atoms with Crippen LogP contribution in [0.3, 0.4) is 0 Å². The van der Waals surface area contributed by atoms with Gasteiger partial charge in [-0.2, -0.15) is 0 Å². The fraction of sp³-hybridized carbons (Fsp3) is 0.364. The third-order valence-corrected chi connectivity index (χ3v) is 3.01. The van der Waals surface area contributed by atoms with E-state index in [0.717, 1.165) is 21.4 Å². The lowest BCUT2D eigenvalue weighted by atomic mass is 9.98. The average Bonchev–Trinajstić information content (AvgIpc) is 2.08. The number of hydrogen-bond donors (Lipinski definition) is 2. The van der Waals surface area contributed by atoms with Crippen LogP contribution in [0.4, 0.5) is 11.4 Å². The van der Waals surface area contributed by atoms with Crippen LogP contribution < -0.4 is 10.6 Å². The van der Waals surface area contributed by atoms with Gasteiger partial charge in [-0.25, -0.2) is 0 Å². The van der Waals surface area contributed by atoms with E-state index in [-0.39, 0.29) is 5.91 Å². The predicted molar refractivity (Wildman–Crippen MR) is 65.2 cm³/mol. The maximum atomic E-state index is 11.7. The van der Waals surface area contributed by atoms with Gasteiger partial charge < -0.3 is 10.6 Å². The minimum Gasteiger partial charge on any atom is -0.370 e. The molecule has 3 nitrogen and oxygen atoms in total. The van der Waals surface area contributed by atoms with Crippen molar-refractivity contribution in [2.75, 3.05) is 10.6 Å². The molecule has 0 atom stereocenters. The van der Waals surface area contributed by atoms with E-state index in [0.29, 0.717) is 0 Å². The number of nitrogens with one attached hydrogen (secondary N) is 2. The molecule has 1 aromatic carbocycles. The number of fused-ring (bicyclic) bond motifs is 1. The smallest absolute Gasteiger partial charge is 0.249 e. The van der Waals surface area contributed by atoms with Gasteiger partial charge in [-0.3, -0.25) is 4.79 Å². The number of amides is 1. The third-order valence-electron chi connectivity index (χ3n) is 2.55. The molecule has 0 aliphatic carbocycles. The van der Waals surface area contributed by atoms with Crippen LogP contribution in [0.25, 0.3) is 0 Å². The zero-order chi connectivity index (χ0) is 11.2. The molecule has 0 radical (unpaired) electrons. The molecule has 1 heterocycles. The van der Waals surface area contributed by atoms with Crippen LogP contribution in [-0.2, 0) is 4.79 Å². The normalized spacial score (nSPS) is 17.7. The van der Waals surface area contributed by atoms with Gasteiger partial charge in [0, 0.05) is 4.47 Å². The Morgan fingerprint density at radius 3 is 2.67 bits per heavy atom. The summed E-state index contributed by atoms with van der Waals surface area (Å²) in [7, 11) is 0. The highest BCUT2D eigenvalue weighted by atomic mass is 79.9. The maximum absolute atomic E-state index is 11.7. The number of anilines is 2. The third kappa shape index (κ3) is 1.74. The summed E-state index contributed by atoms with van der Waals surface area (Å²) in [4.78, 5) is 11.7. The molecule has 0 fully saturated rings. The zero-order valence-electron chi connectivity index (χ0n) is 8.94. The number of hydrogen-bond acceptors (Lipinski definition) is 2. The molecule has 4 heteroatoms. The summed E-state index contributed by atoms with van der Waals surface area (Å²) >= 11 is 3.44. The number of halogens is 1. The van der Waals surface area contributed by atoms with Crippen LogP contribution in [0.1, 0.15) is 19.4 Å². The number of aryl methyl sites for hydroxylation is 1. The first-order chi connectivity index (χ1) is 6.90. The number of carbonyl (C=O) groups is 1. The Balaban J connectivity index is 2.55. The van der Waals surface area contributed by atoms with Gasteiger partial charge in [-0.15, -0.1) is 0 Å². The summed E-state index contributed by atoms with van der Waals surface area (Å²) in [5.41, 5.74) is 2.34. The van der Waals surface area contributed by atoms with E-state index in [9.17, 15) is 4.79 Å². The number of rotatable bonds is 0. The molecule has 2 rings (SSSR count). The molecule has 2 N–H and O–H groups in total. The fourth-order valence-electron chi connectivity index (χ4n) is 1.67. The van der Waals surface area contributed by atoms with E-state index in [1.54, 1.807) is 0 Å². The number of carbonyl (C=O) groups excluding carboxylic acids is 1. The first-order valence-corrected chi connectivity index (χ1v) is 5.59. The SMILES string of the molecule is Cc1cc(Br)cc2c1NC(=O)C(C)(C)N2. The topological polar surface area (TPSA) is 41.1 Å². The second-order valence-electron chi connectivity index (χ2n) is 4.35. The van der Waals surface area contributed by atoms with E-state index >= 15 is 0 Å². The first-order valence-electron chi connectivity index (χ1n) is 4.80. The monoisotopic (exact) mass is 268 g/mol. The lowest BCUT2D eigenvalue weighted by Gasteiger charge is -2.33. The molecule has 0 saturated heterocycles. The van der Waals surface area contributed by atoms with E-state index in [1.807, 2.05) is 32.9 Å². The molecule has 0 bridgehead atoms. The minimum atomic E-state index is -0.555. The van der Waals surface area contributed by atoms with Crippen molar-refractivity contribution in [2.24, 2.45) is 0 Å². The van der Waals surface area contributed by atoms with Crippen LogP contribution in [0.5, 0.6) is 0 Å². The van der Waals surface area contributed by atoms with Crippen molar-refractivity contribution in [2.45, 2.75) is 26.3 Å². The molecule has 1 aliphatic heterocycles. The molecular formula is C11H13BrN2O. The minimum absolute atomic E-state index is 0.000391. The van der Waals surface area contributed by atoms with Crippen molar-refractivity contribution in [3.63, 3.8) is 0 Å². The van der Waals surface area contributed by atoms with Gasteiger partial charge in [0.25, 0.3) is 0 Å². The Bertz CT molecular complexity index is 440. The molecule has 80 valence electrons. The Hall–Kier alpha value is -1.03. The second kappa shape index (κ2) is 3.23.